The van der Waals surface area contributed by atoms with Gasteiger partial charge in [-0.1, -0.05) is 28.1 Å². The van der Waals surface area contributed by atoms with Gasteiger partial charge in [-0.15, -0.1) is 0 Å². The molecule has 0 spiro atoms. The molecule has 0 aromatic heterocycles. The number of hydrogen-bond acceptors (Lipinski definition) is 3. The number of hydrogen-bond donors (Lipinski definition) is 3. The molecule has 5 nitrogen and oxygen atoms in total. The van der Waals surface area contributed by atoms with Crippen molar-refractivity contribution < 1.29 is 8.42 Å². The van der Waals surface area contributed by atoms with Crippen LogP contribution in [0.15, 0.2) is 57.9 Å². The Hall–Kier alpha value is -1.48. The van der Waals surface area contributed by atoms with Crippen molar-refractivity contribution in [3.05, 3.63) is 53.0 Å². The molecule has 2 rings (SSSR count). The number of primary sulfonamides is 1. The SMILES string of the molecule is NS(=O)(=O)c1cccc(NC(=S)Nc2cccc(Br)c2)c1. The predicted molar refractivity (Wildman–Crippen MR) is 91.8 cm³/mol. The summed E-state index contributed by atoms with van der Waals surface area (Å²) in [5, 5.41) is 11.3. The Bertz CT molecular complexity index is 778. The topological polar surface area (TPSA) is 84.2 Å². The summed E-state index contributed by atoms with van der Waals surface area (Å²) < 4.78 is 23.5. The third kappa shape index (κ3) is 4.78. The van der Waals surface area contributed by atoms with Crippen molar-refractivity contribution in [1.82, 2.24) is 0 Å². The monoisotopic (exact) mass is 385 g/mol. The lowest BCUT2D eigenvalue weighted by Crippen LogP contribution is -2.19. The lowest BCUT2D eigenvalue weighted by Gasteiger charge is -2.11. The Kier molecular flexibility index (Phi) is 4.94. The van der Waals surface area contributed by atoms with Gasteiger partial charge in [-0.3, -0.25) is 0 Å². The van der Waals surface area contributed by atoms with Crippen LogP contribution < -0.4 is 15.8 Å². The van der Waals surface area contributed by atoms with E-state index in [0.29, 0.717) is 10.8 Å². The average molecular weight is 386 g/mol. The lowest BCUT2D eigenvalue weighted by molar-refractivity contribution is 0.598. The second-order valence-corrected chi connectivity index (χ2v) is 7.05. The molecular weight excluding hydrogens is 374 g/mol. The molecular formula is C13H12BrN3O2S2. The third-order valence-electron chi connectivity index (χ3n) is 2.50. The molecule has 0 fully saturated rings. The van der Waals surface area contributed by atoms with E-state index in [1.165, 1.54) is 12.1 Å². The molecule has 0 amide bonds. The van der Waals surface area contributed by atoms with E-state index in [1.54, 1.807) is 12.1 Å². The minimum Gasteiger partial charge on any atom is -0.332 e. The second kappa shape index (κ2) is 6.52. The van der Waals surface area contributed by atoms with Crippen LogP contribution in [0.25, 0.3) is 0 Å². The molecule has 0 aliphatic rings. The Labute approximate surface area is 136 Å². The number of nitrogens with two attached hydrogens (primary N) is 1. The number of halogens is 1. The molecule has 2 aromatic rings. The van der Waals surface area contributed by atoms with Gasteiger partial charge in [-0.2, -0.15) is 0 Å². The van der Waals surface area contributed by atoms with Gasteiger partial charge in [0.25, 0.3) is 0 Å². The van der Waals surface area contributed by atoms with E-state index in [4.69, 9.17) is 17.4 Å². The van der Waals surface area contributed by atoms with E-state index in [2.05, 4.69) is 26.6 Å². The standard InChI is InChI=1S/C13H12BrN3O2S2/c14-9-3-1-4-10(7-9)16-13(20)17-11-5-2-6-12(8-11)21(15,18)19/h1-8H,(H2,15,18,19)(H2,16,17,20). The van der Waals surface area contributed by atoms with Gasteiger partial charge in [0.1, 0.15) is 0 Å². The summed E-state index contributed by atoms with van der Waals surface area (Å²) >= 11 is 8.55. The van der Waals surface area contributed by atoms with Gasteiger partial charge in [0, 0.05) is 15.8 Å². The Morgan fingerprint density at radius 2 is 1.62 bits per heavy atom. The fourth-order valence-electron chi connectivity index (χ4n) is 1.61. The van der Waals surface area contributed by atoms with E-state index in [9.17, 15) is 8.42 Å². The Morgan fingerprint density at radius 3 is 2.19 bits per heavy atom. The van der Waals surface area contributed by atoms with Gasteiger partial charge in [0.2, 0.25) is 10.0 Å². The number of thiocarbonyl (C=S) groups is 1. The van der Waals surface area contributed by atoms with Crippen molar-refractivity contribution in [2.75, 3.05) is 10.6 Å². The van der Waals surface area contributed by atoms with Crippen molar-refractivity contribution >= 4 is 54.7 Å². The van der Waals surface area contributed by atoms with Gasteiger partial charge >= 0.3 is 0 Å². The van der Waals surface area contributed by atoms with E-state index < -0.39 is 10.0 Å². The highest BCUT2D eigenvalue weighted by Gasteiger charge is 2.08. The van der Waals surface area contributed by atoms with Crippen LogP contribution in [0.3, 0.4) is 0 Å². The molecule has 0 saturated carbocycles. The van der Waals surface area contributed by atoms with Gasteiger partial charge in [0.05, 0.1) is 4.90 Å². The smallest absolute Gasteiger partial charge is 0.238 e. The molecule has 21 heavy (non-hydrogen) atoms. The van der Waals surface area contributed by atoms with Crippen LogP contribution in [0, 0.1) is 0 Å². The van der Waals surface area contributed by atoms with Gasteiger partial charge in [-0.25, -0.2) is 13.6 Å². The third-order valence-corrected chi connectivity index (χ3v) is 4.11. The highest BCUT2D eigenvalue weighted by atomic mass is 79.9. The summed E-state index contributed by atoms with van der Waals surface area (Å²) in [5.41, 5.74) is 1.35. The molecule has 0 heterocycles. The fraction of sp³-hybridized carbons (Fsp3) is 0. The van der Waals surface area contributed by atoms with Gasteiger partial charge in [-0.05, 0) is 48.6 Å². The number of benzene rings is 2. The first kappa shape index (κ1) is 15.9. The van der Waals surface area contributed by atoms with Crippen LogP contribution in [0.5, 0.6) is 0 Å². The molecule has 0 aliphatic heterocycles. The van der Waals surface area contributed by atoms with Crippen LogP contribution in [-0.4, -0.2) is 13.5 Å². The van der Waals surface area contributed by atoms with Crippen LogP contribution in [-0.2, 0) is 10.0 Å². The molecule has 0 atom stereocenters. The number of nitrogens with one attached hydrogen (secondary N) is 2. The lowest BCUT2D eigenvalue weighted by atomic mass is 10.3. The van der Waals surface area contributed by atoms with Crippen LogP contribution in [0.2, 0.25) is 0 Å². The van der Waals surface area contributed by atoms with Crippen LogP contribution in [0.4, 0.5) is 11.4 Å². The predicted octanol–water partition coefficient (Wildman–Crippen LogP) is 2.91. The largest absolute Gasteiger partial charge is 0.332 e. The molecule has 0 radical (unpaired) electrons. The number of sulfonamides is 1. The molecule has 0 unspecified atom stereocenters. The van der Waals surface area contributed by atoms with Gasteiger partial charge in [0.15, 0.2) is 5.11 Å². The maximum Gasteiger partial charge on any atom is 0.238 e. The molecule has 0 saturated heterocycles. The zero-order chi connectivity index (χ0) is 15.5. The first-order chi connectivity index (χ1) is 9.84. The first-order valence-electron chi connectivity index (χ1n) is 5.81. The number of anilines is 2. The summed E-state index contributed by atoms with van der Waals surface area (Å²) in [4.78, 5) is 0.0257. The summed E-state index contributed by atoms with van der Waals surface area (Å²) in [5.74, 6) is 0. The van der Waals surface area contributed by atoms with Crippen LogP contribution >= 0.6 is 28.1 Å². The van der Waals surface area contributed by atoms with Gasteiger partial charge < -0.3 is 10.6 Å². The summed E-state index contributed by atoms with van der Waals surface area (Å²) in [6.07, 6.45) is 0. The highest BCUT2D eigenvalue weighted by molar-refractivity contribution is 9.10. The molecule has 2 aromatic carbocycles. The molecule has 4 N–H and O–H groups in total. The second-order valence-electron chi connectivity index (χ2n) is 4.16. The first-order valence-corrected chi connectivity index (χ1v) is 8.56. The maximum absolute atomic E-state index is 11.3. The summed E-state index contributed by atoms with van der Waals surface area (Å²) in [7, 11) is -3.74. The van der Waals surface area contributed by atoms with Crippen molar-refractivity contribution in [3.63, 3.8) is 0 Å². The normalized spacial score (nSPS) is 11.0. The quantitative estimate of drug-likeness (QED) is 0.707. The summed E-state index contributed by atoms with van der Waals surface area (Å²) in [6.45, 7) is 0. The number of rotatable bonds is 3. The summed E-state index contributed by atoms with van der Waals surface area (Å²) in [6, 6.07) is 13.6. The maximum atomic E-state index is 11.3. The minimum atomic E-state index is -3.74. The van der Waals surface area contributed by atoms with E-state index in [0.717, 1.165) is 10.2 Å². The molecule has 8 heteroatoms. The highest BCUT2D eigenvalue weighted by Crippen LogP contribution is 2.17. The van der Waals surface area contributed by atoms with Crippen molar-refractivity contribution in [3.8, 4) is 0 Å². The molecule has 110 valence electrons. The van der Waals surface area contributed by atoms with E-state index in [-0.39, 0.29) is 4.90 Å². The van der Waals surface area contributed by atoms with Crippen molar-refractivity contribution in [1.29, 1.82) is 0 Å². The van der Waals surface area contributed by atoms with Crippen molar-refractivity contribution in [2.45, 2.75) is 4.90 Å². The van der Waals surface area contributed by atoms with Crippen molar-refractivity contribution in [2.24, 2.45) is 5.14 Å². The zero-order valence-corrected chi connectivity index (χ0v) is 13.9. The average Bonchev–Trinajstić information content (AvgIpc) is 2.37. The molecule has 0 aliphatic carbocycles. The zero-order valence-electron chi connectivity index (χ0n) is 10.7. The van der Waals surface area contributed by atoms with E-state index >= 15 is 0 Å². The molecule has 0 bridgehead atoms. The Balaban J connectivity index is 2.10. The fourth-order valence-corrected chi connectivity index (χ4v) is 2.80. The van der Waals surface area contributed by atoms with E-state index in [1.807, 2.05) is 24.3 Å². The van der Waals surface area contributed by atoms with Crippen LogP contribution in [0.1, 0.15) is 0 Å². The Morgan fingerprint density at radius 1 is 1.05 bits per heavy atom. The minimum absolute atomic E-state index is 0.0257.